The second kappa shape index (κ2) is 5.97. The lowest BCUT2D eigenvalue weighted by atomic mass is 10.2. The van der Waals surface area contributed by atoms with E-state index in [2.05, 4.69) is 10.1 Å². The number of carbonyl (C=O) groups is 1. The Morgan fingerprint density at radius 2 is 2.05 bits per heavy atom. The van der Waals surface area contributed by atoms with E-state index in [4.69, 9.17) is 4.74 Å². The molecule has 1 heterocycles. The first-order chi connectivity index (χ1) is 10.6. The van der Waals surface area contributed by atoms with Crippen molar-refractivity contribution in [3.8, 4) is 0 Å². The van der Waals surface area contributed by atoms with E-state index in [-0.39, 0.29) is 17.8 Å². The van der Waals surface area contributed by atoms with Crippen molar-refractivity contribution in [3.05, 3.63) is 62.9 Å². The van der Waals surface area contributed by atoms with Crippen molar-refractivity contribution in [3.63, 3.8) is 0 Å². The van der Waals surface area contributed by atoms with E-state index >= 15 is 0 Å². The molecule has 7 heteroatoms. The largest absolute Gasteiger partial charge is 0.462 e. The molecule has 1 aliphatic carbocycles. The maximum absolute atomic E-state index is 11.8. The van der Waals surface area contributed by atoms with Gasteiger partial charge in [-0.15, -0.1) is 0 Å². The minimum absolute atomic E-state index is 0.230. The Balaban J connectivity index is 1.50. The van der Waals surface area contributed by atoms with Crippen LogP contribution in [0.5, 0.6) is 0 Å². The van der Waals surface area contributed by atoms with Gasteiger partial charge in [0.15, 0.2) is 0 Å². The highest BCUT2D eigenvalue weighted by molar-refractivity contribution is 5.89. The fraction of sp³-hybridized carbons (Fsp3) is 0.333. The topological polar surface area (TPSA) is 94.1 Å². The van der Waals surface area contributed by atoms with Crippen molar-refractivity contribution >= 4 is 5.97 Å². The van der Waals surface area contributed by atoms with Crippen LogP contribution >= 0.6 is 0 Å². The average molecular weight is 301 g/mol. The number of aromatic amines is 1. The van der Waals surface area contributed by atoms with E-state index in [1.807, 2.05) is 6.07 Å². The van der Waals surface area contributed by atoms with Crippen LogP contribution < -0.4 is 11.2 Å². The number of H-pyrrole nitrogens is 1. The number of rotatable bonds is 5. The fourth-order valence-corrected chi connectivity index (χ4v) is 2.31. The summed E-state index contributed by atoms with van der Waals surface area (Å²) in [5, 5.41) is 3.79. The third-order valence-electron chi connectivity index (χ3n) is 3.69. The van der Waals surface area contributed by atoms with Crippen LogP contribution in [-0.2, 0) is 11.3 Å². The van der Waals surface area contributed by atoms with Gasteiger partial charge in [0.25, 0.3) is 5.56 Å². The van der Waals surface area contributed by atoms with Crippen LogP contribution in [-0.4, -0.2) is 27.3 Å². The Kier molecular flexibility index (Phi) is 3.86. The van der Waals surface area contributed by atoms with Crippen LogP contribution in [0.25, 0.3) is 0 Å². The van der Waals surface area contributed by atoms with Crippen molar-refractivity contribution in [1.29, 1.82) is 0 Å². The number of nitrogens with one attached hydrogen (secondary N) is 1. The van der Waals surface area contributed by atoms with Gasteiger partial charge in [0.05, 0.1) is 12.2 Å². The molecule has 7 nitrogen and oxygen atoms in total. The molecule has 2 atom stereocenters. The van der Waals surface area contributed by atoms with Crippen LogP contribution in [0.4, 0.5) is 0 Å². The molecular formula is C15H15N3O4. The maximum Gasteiger partial charge on any atom is 0.344 e. The van der Waals surface area contributed by atoms with E-state index in [0.29, 0.717) is 18.7 Å². The second-order valence-electron chi connectivity index (χ2n) is 5.34. The number of hydrogen-bond donors (Lipinski definition) is 1. The van der Waals surface area contributed by atoms with E-state index in [9.17, 15) is 14.4 Å². The number of benzene rings is 1. The zero-order chi connectivity index (χ0) is 15.5. The first kappa shape index (κ1) is 14.2. The van der Waals surface area contributed by atoms with Gasteiger partial charge >= 0.3 is 11.7 Å². The minimum Gasteiger partial charge on any atom is -0.462 e. The van der Waals surface area contributed by atoms with Crippen LogP contribution in [0.15, 0.2) is 46.1 Å². The van der Waals surface area contributed by atoms with Gasteiger partial charge in [-0.25, -0.2) is 14.3 Å². The molecule has 0 aliphatic heterocycles. The fourth-order valence-electron chi connectivity index (χ4n) is 2.31. The molecule has 1 aliphatic rings. The van der Waals surface area contributed by atoms with Crippen molar-refractivity contribution in [1.82, 2.24) is 14.8 Å². The summed E-state index contributed by atoms with van der Waals surface area (Å²) >= 11 is 0. The van der Waals surface area contributed by atoms with Gasteiger partial charge in [-0.2, -0.15) is 5.10 Å². The lowest BCUT2D eigenvalue weighted by Gasteiger charge is -2.05. The van der Waals surface area contributed by atoms with E-state index < -0.39 is 11.2 Å². The molecule has 0 bridgehead atoms. The smallest absolute Gasteiger partial charge is 0.344 e. The number of nitrogens with zero attached hydrogens (tertiary/aromatic N) is 2. The normalized spacial score (nSPS) is 19.6. The van der Waals surface area contributed by atoms with Gasteiger partial charge in [-0.3, -0.25) is 9.78 Å². The number of carbonyl (C=O) groups excluding carboxylic acids is 1. The molecule has 0 radical (unpaired) electrons. The predicted molar refractivity (Wildman–Crippen MR) is 77.4 cm³/mol. The molecule has 114 valence electrons. The monoisotopic (exact) mass is 301 g/mol. The molecule has 1 fully saturated rings. The molecule has 1 aromatic heterocycles. The molecule has 2 unspecified atom stereocenters. The summed E-state index contributed by atoms with van der Waals surface area (Å²) in [6, 6.07) is 8.81. The van der Waals surface area contributed by atoms with E-state index in [0.717, 1.165) is 12.6 Å². The van der Waals surface area contributed by atoms with Crippen molar-refractivity contribution in [2.24, 2.45) is 11.8 Å². The zero-order valence-corrected chi connectivity index (χ0v) is 11.8. The SMILES string of the molecule is O=C(OCC1CC1Cn1ncc(=O)[nH]c1=O)c1ccccc1. The summed E-state index contributed by atoms with van der Waals surface area (Å²) < 4.78 is 6.49. The lowest BCUT2D eigenvalue weighted by Crippen LogP contribution is -2.32. The zero-order valence-electron chi connectivity index (χ0n) is 11.8. The molecule has 22 heavy (non-hydrogen) atoms. The molecule has 1 aromatic carbocycles. The highest BCUT2D eigenvalue weighted by atomic mass is 16.5. The summed E-state index contributed by atoms with van der Waals surface area (Å²) in [6.45, 7) is 0.750. The Morgan fingerprint density at radius 1 is 1.27 bits per heavy atom. The van der Waals surface area contributed by atoms with Crippen molar-refractivity contribution < 1.29 is 9.53 Å². The van der Waals surface area contributed by atoms with Crippen LogP contribution in [0.1, 0.15) is 16.8 Å². The van der Waals surface area contributed by atoms with Gasteiger partial charge in [0.1, 0.15) is 6.20 Å². The standard InChI is InChI=1S/C15H15N3O4/c19-13-7-16-18(15(21)17-13)8-11-6-12(11)9-22-14(20)10-4-2-1-3-5-10/h1-5,7,11-12H,6,8-9H2,(H,17,19,21). The van der Waals surface area contributed by atoms with Crippen LogP contribution in [0.3, 0.4) is 0 Å². The number of ether oxygens (including phenoxy) is 1. The van der Waals surface area contributed by atoms with E-state index in [1.165, 1.54) is 4.68 Å². The Labute approximate surface area is 125 Å². The van der Waals surface area contributed by atoms with Crippen LogP contribution in [0.2, 0.25) is 0 Å². The van der Waals surface area contributed by atoms with Crippen molar-refractivity contribution in [2.75, 3.05) is 6.61 Å². The molecule has 0 spiro atoms. The summed E-state index contributed by atoms with van der Waals surface area (Å²) in [5.74, 6) is 0.124. The lowest BCUT2D eigenvalue weighted by molar-refractivity contribution is 0.0479. The molecule has 2 aromatic rings. The summed E-state index contributed by atoms with van der Waals surface area (Å²) in [7, 11) is 0. The second-order valence-corrected chi connectivity index (χ2v) is 5.34. The maximum atomic E-state index is 11.8. The molecule has 0 amide bonds. The predicted octanol–water partition coefficient (Wildman–Crippen LogP) is 0.425. The van der Waals surface area contributed by atoms with Crippen LogP contribution in [0, 0.1) is 11.8 Å². The van der Waals surface area contributed by atoms with Gasteiger partial charge in [-0.05, 0) is 30.4 Å². The Hall–Kier alpha value is -2.70. The number of hydrogen-bond acceptors (Lipinski definition) is 5. The number of aromatic nitrogens is 3. The molecule has 0 saturated heterocycles. The van der Waals surface area contributed by atoms with E-state index in [1.54, 1.807) is 24.3 Å². The molecule has 1 N–H and O–H groups in total. The quantitative estimate of drug-likeness (QED) is 0.808. The first-order valence-corrected chi connectivity index (χ1v) is 7.02. The Bertz CT molecular complexity index is 781. The number of esters is 1. The highest BCUT2D eigenvalue weighted by Crippen LogP contribution is 2.39. The van der Waals surface area contributed by atoms with Gasteiger partial charge in [0, 0.05) is 6.54 Å². The van der Waals surface area contributed by atoms with Gasteiger partial charge < -0.3 is 4.74 Å². The Morgan fingerprint density at radius 3 is 2.77 bits per heavy atom. The third kappa shape index (κ3) is 3.30. The highest BCUT2D eigenvalue weighted by Gasteiger charge is 2.38. The van der Waals surface area contributed by atoms with Gasteiger partial charge in [0.2, 0.25) is 0 Å². The molecule has 3 rings (SSSR count). The first-order valence-electron chi connectivity index (χ1n) is 7.02. The van der Waals surface area contributed by atoms with Gasteiger partial charge in [-0.1, -0.05) is 18.2 Å². The molecular weight excluding hydrogens is 286 g/mol. The third-order valence-corrected chi connectivity index (χ3v) is 3.69. The molecule has 1 saturated carbocycles. The summed E-state index contributed by atoms with van der Waals surface area (Å²) in [6.07, 6.45) is 1.95. The summed E-state index contributed by atoms with van der Waals surface area (Å²) in [4.78, 5) is 36.4. The minimum atomic E-state index is -0.514. The average Bonchev–Trinajstić information content (AvgIpc) is 3.27. The summed E-state index contributed by atoms with van der Waals surface area (Å²) in [5.41, 5.74) is -0.497. The van der Waals surface area contributed by atoms with Crippen molar-refractivity contribution in [2.45, 2.75) is 13.0 Å².